The Bertz CT molecular complexity index is 1300. The van der Waals surface area contributed by atoms with E-state index in [9.17, 15) is 14.4 Å². The molecule has 0 unspecified atom stereocenters. The molecule has 4 N–H and O–H groups in total. The third-order valence-electron chi connectivity index (χ3n) is 6.79. The molecule has 0 aliphatic carbocycles. The van der Waals surface area contributed by atoms with Gasteiger partial charge in [-0.15, -0.1) is 0 Å². The molecule has 0 spiro atoms. The van der Waals surface area contributed by atoms with Crippen LogP contribution >= 0.6 is 0 Å². The molecular weight excluding hydrogens is 508 g/mol. The Balaban J connectivity index is 0.000000285. The van der Waals surface area contributed by atoms with Crippen LogP contribution in [0.25, 0.3) is 0 Å². The second-order valence-electron chi connectivity index (χ2n) is 9.82. The molecule has 2 fully saturated rings. The molecule has 0 radical (unpaired) electrons. The van der Waals surface area contributed by atoms with Crippen LogP contribution in [0.2, 0.25) is 0 Å². The monoisotopic (exact) mass is 546 g/mol. The summed E-state index contributed by atoms with van der Waals surface area (Å²) in [5.41, 5.74) is 3.19. The van der Waals surface area contributed by atoms with Gasteiger partial charge in [0.2, 0.25) is 0 Å². The van der Waals surface area contributed by atoms with Crippen molar-refractivity contribution in [2.24, 2.45) is 0 Å². The Morgan fingerprint density at radius 1 is 1.10 bits per heavy atom. The predicted octanol–water partition coefficient (Wildman–Crippen LogP) is 2.35. The number of hydrogen-bond donors (Lipinski definition) is 4. The van der Waals surface area contributed by atoms with Gasteiger partial charge in [0, 0.05) is 56.0 Å². The molecule has 212 valence electrons. The van der Waals surface area contributed by atoms with E-state index >= 15 is 0 Å². The van der Waals surface area contributed by atoms with Gasteiger partial charge in [0.05, 0.1) is 7.11 Å². The predicted molar refractivity (Wildman–Crippen MR) is 155 cm³/mol. The highest BCUT2D eigenvalue weighted by Crippen LogP contribution is 2.16. The first kappa shape index (κ1) is 30.2. The number of amides is 4. The molecule has 1 atom stereocenters. The Hall–Kier alpha value is -4.36. The van der Waals surface area contributed by atoms with E-state index in [0.717, 1.165) is 49.3 Å². The fourth-order valence-electron chi connectivity index (χ4n) is 4.35. The van der Waals surface area contributed by atoms with Gasteiger partial charge in [-0.25, -0.2) is 4.79 Å². The Kier molecular flexibility index (Phi) is 10.7. The summed E-state index contributed by atoms with van der Waals surface area (Å²) in [5, 5.41) is 15.7. The van der Waals surface area contributed by atoms with Crippen molar-refractivity contribution >= 4 is 23.7 Å². The second-order valence-corrected chi connectivity index (χ2v) is 9.82. The highest BCUT2D eigenvalue weighted by atomic mass is 16.5. The van der Waals surface area contributed by atoms with Crippen LogP contribution in [0.1, 0.15) is 47.3 Å². The number of amidine groups is 1. The van der Waals surface area contributed by atoms with Gasteiger partial charge in [-0.2, -0.15) is 0 Å². The Morgan fingerprint density at radius 2 is 1.82 bits per heavy atom. The van der Waals surface area contributed by atoms with Crippen LogP contribution in [0.4, 0.5) is 4.79 Å². The van der Waals surface area contributed by atoms with Crippen LogP contribution in [-0.2, 0) is 4.79 Å². The molecule has 0 saturated carbocycles. The van der Waals surface area contributed by atoms with Crippen molar-refractivity contribution in [2.45, 2.75) is 39.3 Å². The van der Waals surface area contributed by atoms with Gasteiger partial charge in [0.1, 0.15) is 11.6 Å². The zero-order valence-corrected chi connectivity index (χ0v) is 23.8. The molecule has 10 nitrogen and oxygen atoms in total. The molecular formula is C30H38N6O4. The summed E-state index contributed by atoms with van der Waals surface area (Å²) >= 11 is 0. The summed E-state index contributed by atoms with van der Waals surface area (Å²) in [6.07, 6.45) is 1.05. The minimum absolute atomic E-state index is 0.0867. The van der Waals surface area contributed by atoms with E-state index in [1.807, 2.05) is 43.3 Å². The van der Waals surface area contributed by atoms with E-state index in [0.29, 0.717) is 23.2 Å². The fraction of sp³-hybridized carbons (Fsp3) is 0.400. The maximum atomic E-state index is 11.5. The molecule has 4 rings (SSSR count). The molecule has 10 heteroatoms. The number of hydrogen-bond acceptors (Lipinski definition) is 6. The Morgan fingerprint density at radius 3 is 2.42 bits per heavy atom. The number of carbonyl (C=O) groups excluding carboxylic acids is 3. The number of imide groups is 1. The van der Waals surface area contributed by atoms with Gasteiger partial charge in [-0.05, 0) is 57.0 Å². The van der Waals surface area contributed by atoms with Gasteiger partial charge >= 0.3 is 6.03 Å². The van der Waals surface area contributed by atoms with Crippen molar-refractivity contribution in [3.05, 3.63) is 64.7 Å². The molecule has 0 bridgehead atoms. The van der Waals surface area contributed by atoms with E-state index in [1.165, 1.54) is 0 Å². The number of methoxy groups -OCH3 is 1. The van der Waals surface area contributed by atoms with Crippen molar-refractivity contribution in [1.82, 2.24) is 25.8 Å². The number of ether oxygens (including phenoxy) is 1. The highest BCUT2D eigenvalue weighted by Gasteiger charge is 2.27. The summed E-state index contributed by atoms with van der Waals surface area (Å²) in [4.78, 5) is 38.5. The molecule has 2 aliphatic heterocycles. The lowest BCUT2D eigenvalue weighted by Crippen LogP contribution is -2.37. The van der Waals surface area contributed by atoms with Gasteiger partial charge in [0.15, 0.2) is 6.04 Å². The van der Waals surface area contributed by atoms with Crippen LogP contribution in [0.3, 0.4) is 0 Å². The standard InChI is InChI=1S/C20H25N5O2.C10H13NO2/c1-14(2)24-10-3-11-25(13-12-24)18(21)16-7-4-15(5-8-16)6-9-17-19(26)23-20(27)22-17;1-7-4-5-8(13-3)6-9(7)10(12)11-2/h4-5,7-8,14,17,21H,3,10-13H2,1-2H3,(H2,22,23,26,27);4-6H,1-3H3,(H,11,12)/t17-;/m0./s1. The molecule has 40 heavy (non-hydrogen) atoms. The maximum Gasteiger partial charge on any atom is 0.322 e. The molecule has 4 amide bonds. The number of benzene rings is 2. The zero-order valence-electron chi connectivity index (χ0n) is 23.8. The first-order valence-electron chi connectivity index (χ1n) is 13.3. The van der Waals surface area contributed by atoms with Gasteiger partial charge in [0.25, 0.3) is 11.8 Å². The SMILES string of the molecule is CC(C)N1CCCN(C(=N)c2ccc(C#C[C@@H]3NC(=O)NC3=O)cc2)CC1.CNC(=O)c1cc(OC)ccc1C. The molecule has 2 aliphatic rings. The summed E-state index contributed by atoms with van der Waals surface area (Å²) < 4.78 is 5.02. The number of aryl methyl sites for hydroxylation is 1. The lowest BCUT2D eigenvalue weighted by Gasteiger charge is -2.26. The molecule has 2 aromatic carbocycles. The topological polar surface area (TPSA) is 127 Å². The second kappa shape index (κ2) is 14.1. The normalized spacial score (nSPS) is 16.9. The van der Waals surface area contributed by atoms with Crippen LogP contribution in [0, 0.1) is 24.2 Å². The Labute approximate surface area is 236 Å². The number of nitrogens with zero attached hydrogens (tertiary/aromatic N) is 2. The van der Waals surface area contributed by atoms with Crippen molar-refractivity contribution in [2.75, 3.05) is 40.3 Å². The third-order valence-corrected chi connectivity index (χ3v) is 6.79. The summed E-state index contributed by atoms with van der Waals surface area (Å²) in [7, 11) is 3.19. The highest BCUT2D eigenvalue weighted by molar-refractivity contribution is 6.06. The van der Waals surface area contributed by atoms with E-state index < -0.39 is 18.0 Å². The van der Waals surface area contributed by atoms with E-state index in [1.54, 1.807) is 20.2 Å². The summed E-state index contributed by atoms with van der Waals surface area (Å²) in [6, 6.07) is 12.1. The summed E-state index contributed by atoms with van der Waals surface area (Å²) in [5.74, 6) is 6.36. The van der Waals surface area contributed by atoms with Gasteiger partial charge < -0.3 is 20.3 Å². The quantitative estimate of drug-likeness (QED) is 0.202. The first-order chi connectivity index (χ1) is 19.1. The number of rotatable bonds is 4. The number of nitrogens with one attached hydrogen (secondary N) is 4. The van der Waals surface area contributed by atoms with Crippen molar-refractivity contribution in [3.63, 3.8) is 0 Å². The van der Waals surface area contributed by atoms with Gasteiger partial charge in [-0.3, -0.25) is 25.2 Å². The zero-order chi connectivity index (χ0) is 29.2. The van der Waals surface area contributed by atoms with E-state index in [2.05, 4.69) is 51.4 Å². The minimum atomic E-state index is -0.809. The largest absolute Gasteiger partial charge is 0.497 e. The average Bonchev–Trinajstić information content (AvgIpc) is 3.12. The lowest BCUT2D eigenvalue weighted by atomic mass is 10.1. The number of carbonyl (C=O) groups is 3. The van der Waals surface area contributed by atoms with Crippen LogP contribution in [0.15, 0.2) is 42.5 Å². The maximum absolute atomic E-state index is 11.5. The van der Waals surface area contributed by atoms with Crippen molar-refractivity contribution < 1.29 is 19.1 Å². The van der Waals surface area contributed by atoms with Crippen LogP contribution < -0.4 is 20.7 Å². The molecule has 2 heterocycles. The first-order valence-corrected chi connectivity index (χ1v) is 13.3. The average molecular weight is 547 g/mol. The minimum Gasteiger partial charge on any atom is -0.497 e. The molecule has 2 saturated heterocycles. The molecule has 2 aromatic rings. The van der Waals surface area contributed by atoms with Gasteiger partial charge in [-0.1, -0.05) is 30.0 Å². The van der Waals surface area contributed by atoms with Crippen molar-refractivity contribution in [1.29, 1.82) is 5.41 Å². The van der Waals surface area contributed by atoms with Crippen molar-refractivity contribution in [3.8, 4) is 17.6 Å². The summed E-state index contributed by atoms with van der Waals surface area (Å²) in [6.45, 7) is 10.1. The third kappa shape index (κ3) is 8.07. The molecule has 0 aromatic heterocycles. The smallest absolute Gasteiger partial charge is 0.322 e. The van der Waals surface area contributed by atoms with Crippen LogP contribution in [-0.4, -0.2) is 85.9 Å². The van der Waals surface area contributed by atoms with Crippen LogP contribution in [0.5, 0.6) is 5.75 Å². The van der Waals surface area contributed by atoms with E-state index in [4.69, 9.17) is 10.1 Å². The number of urea groups is 1. The lowest BCUT2D eigenvalue weighted by molar-refractivity contribution is -0.119. The van der Waals surface area contributed by atoms with E-state index in [-0.39, 0.29) is 5.91 Å². The fourth-order valence-corrected chi connectivity index (χ4v) is 4.35.